The van der Waals surface area contributed by atoms with E-state index in [4.69, 9.17) is 0 Å². The molecule has 4 nitrogen and oxygen atoms in total. The van der Waals surface area contributed by atoms with Crippen molar-refractivity contribution in [1.29, 1.82) is 0 Å². The Morgan fingerprint density at radius 1 is 1.11 bits per heavy atom. The summed E-state index contributed by atoms with van der Waals surface area (Å²) in [5, 5.41) is 10.6. The van der Waals surface area contributed by atoms with Gasteiger partial charge in [-0.25, -0.2) is 8.78 Å². The first-order valence-corrected chi connectivity index (χ1v) is 6.49. The van der Waals surface area contributed by atoms with Crippen LogP contribution < -0.4 is 4.90 Å². The van der Waals surface area contributed by atoms with E-state index in [0.29, 0.717) is 0 Å². The van der Waals surface area contributed by atoms with Crippen molar-refractivity contribution < 1.29 is 13.7 Å². The third-order valence-electron chi connectivity index (χ3n) is 4.17. The first-order chi connectivity index (χ1) is 9.08. The number of rotatable bonds is 2. The Morgan fingerprint density at radius 2 is 1.63 bits per heavy atom. The number of halogens is 2. The van der Waals surface area contributed by atoms with Gasteiger partial charge in [-0.1, -0.05) is 0 Å². The Morgan fingerprint density at radius 3 is 2.11 bits per heavy atom. The van der Waals surface area contributed by atoms with Crippen molar-refractivity contribution in [2.24, 2.45) is 0 Å². The molecule has 2 saturated heterocycles. The van der Waals surface area contributed by atoms with Gasteiger partial charge in [0.1, 0.15) is 5.69 Å². The minimum Gasteiger partial charge on any atom is -0.361 e. The third kappa shape index (κ3) is 1.95. The van der Waals surface area contributed by atoms with Crippen LogP contribution in [0.25, 0.3) is 0 Å². The molecule has 0 N–H and O–H groups in total. The molecule has 19 heavy (non-hydrogen) atoms. The van der Waals surface area contributed by atoms with E-state index in [1.54, 1.807) is 4.90 Å². The number of hydrogen-bond acceptors (Lipinski definition) is 3. The maximum atomic E-state index is 14.0. The predicted octanol–water partition coefficient (Wildman–Crippen LogP) is 3.39. The zero-order valence-corrected chi connectivity index (χ0v) is 10.3. The highest BCUT2D eigenvalue weighted by molar-refractivity contribution is 5.56. The van der Waals surface area contributed by atoms with Gasteiger partial charge in [0.05, 0.1) is 17.1 Å². The molecule has 2 aliphatic rings. The summed E-state index contributed by atoms with van der Waals surface area (Å²) in [6.45, 7) is 0. The van der Waals surface area contributed by atoms with E-state index in [2.05, 4.69) is 0 Å². The molecule has 1 aromatic rings. The fraction of sp³-hybridized carbons (Fsp3) is 0.538. The Hall–Kier alpha value is -1.72. The first kappa shape index (κ1) is 12.3. The number of non-ortho nitro benzene ring substituents is 1. The largest absolute Gasteiger partial charge is 0.361 e. The topological polar surface area (TPSA) is 46.4 Å². The smallest absolute Gasteiger partial charge is 0.275 e. The number of fused-ring (bicyclic) bond motifs is 2. The van der Waals surface area contributed by atoms with Crippen LogP contribution in [-0.4, -0.2) is 17.0 Å². The fourth-order valence-corrected chi connectivity index (χ4v) is 3.39. The molecule has 2 fully saturated rings. The van der Waals surface area contributed by atoms with Crippen molar-refractivity contribution in [2.45, 2.75) is 44.2 Å². The Labute approximate surface area is 109 Å². The number of nitro groups is 1. The molecule has 0 aliphatic carbocycles. The highest BCUT2D eigenvalue weighted by atomic mass is 19.1. The Kier molecular flexibility index (Phi) is 2.88. The lowest BCUT2D eigenvalue weighted by Gasteiger charge is -2.37. The number of piperidine rings is 1. The minimum atomic E-state index is -0.828. The van der Waals surface area contributed by atoms with E-state index in [9.17, 15) is 18.9 Å². The highest BCUT2D eigenvalue weighted by Crippen LogP contribution is 2.42. The van der Waals surface area contributed by atoms with Gasteiger partial charge >= 0.3 is 0 Å². The zero-order chi connectivity index (χ0) is 13.6. The van der Waals surface area contributed by atoms with Crippen LogP contribution in [0.2, 0.25) is 0 Å². The molecule has 0 amide bonds. The van der Waals surface area contributed by atoms with Crippen LogP contribution >= 0.6 is 0 Å². The lowest BCUT2D eigenvalue weighted by Crippen LogP contribution is -2.40. The molecule has 0 saturated carbocycles. The molecular formula is C13H14F2N2O2. The molecule has 2 atom stereocenters. The summed E-state index contributed by atoms with van der Waals surface area (Å²) in [7, 11) is 0. The van der Waals surface area contributed by atoms with Gasteiger partial charge in [0.25, 0.3) is 5.69 Å². The van der Waals surface area contributed by atoms with E-state index in [1.807, 2.05) is 0 Å². The van der Waals surface area contributed by atoms with Crippen LogP contribution in [0.4, 0.5) is 20.2 Å². The number of nitrogens with zero attached hydrogens (tertiary/aromatic N) is 2. The molecule has 0 aromatic heterocycles. The molecule has 3 rings (SSSR count). The van der Waals surface area contributed by atoms with Crippen LogP contribution in [0, 0.1) is 21.7 Å². The second-order valence-electron chi connectivity index (χ2n) is 5.24. The standard InChI is InChI=1S/C13H14F2N2O2/c14-11-6-10(17(18)19)7-12(15)13(11)16-8-2-1-3-9(16)5-4-8/h6-9H,1-5H2. The molecule has 0 radical (unpaired) electrons. The third-order valence-corrected chi connectivity index (χ3v) is 4.17. The molecule has 2 bridgehead atoms. The van der Waals surface area contributed by atoms with E-state index in [0.717, 1.165) is 44.2 Å². The number of nitro benzene ring substituents is 1. The maximum Gasteiger partial charge on any atom is 0.275 e. The van der Waals surface area contributed by atoms with Crippen molar-refractivity contribution in [3.05, 3.63) is 33.9 Å². The van der Waals surface area contributed by atoms with Gasteiger partial charge in [-0.05, 0) is 32.1 Å². The second kappa shape index (κ2) is 4.43. The van der Waals surface area contributed by atoms with Gasteiger partial charge in [-0.15, -0.1) is 0 Å². The number of anilines is 1. The zero-order valence-electron chi connectivity index (χ0n) is 10.3. The summed E-state index contributed by atoms with van der Waals surface area (Å²) >= 11 is 0. The maximum absolute atomic E-state index is 14.0. The van der Waals surface area contributed by atoms with Crippen LogP contribution in [0.15, 0.2) is 12.1 Å². The second-order valence-corrected chi connectivity index (χ2v) is 5.24. The van der Waals surface area contributed by atoms with Crippen molar-refractivity contribution in [2.75, 3.05) is 4.90 Å². The Bertz CT molecular complexity index is 496. The molecule has 2 unspecified atom stereocenters. The molecule has 6 heteroatoms. The molecule has 0 spiro atoms. The quantitative estimate of drug-likeness (QED) is 0.610. The number of hydrogen-bond donors (Lipinski definition) is 0. The van der Waals surface area contributed by atoms with Crippen molar-refractivity contribution in [3.8, 4) is 0 Å². The summed E-state index contributed by atoms with van der Waals surface area (Å²) in [4.78, 5) is 11.6. The van der Waals surface area contributed by atoms with Gasteiger partial charge in [-0.2, -0.15) is 0 Å². The normalized spacial score (nSPS) is 25.7. The summed E-state index contributed by atoms with van der Waals surface area (Å²) in [5.41, 5.74) is -0.624. The molecule has 2 heterocycles. The summed E-state index contributed by atoms with van der Waals surface area (Å²) in [6, 6.07) is 1.97. The highest BCUT2D eigenvalue weighted by Gasteiger charge is 2.39. The van der Waals surface area contributed by atoms with Crippen LogP contribution in [0.5, 0.6) is 0 Å². The van der Waals surface area contributed by atoms with Crippen molar-refractivity contribution in [1.82, 2.24) is 0 Å². The lowest BCUT2D eigenvalue weighted by atomic mass is 10.0. The van der Waals surface area contributed by atoms with Gasteiger partial charge in [-0.3, -0.25) is 10.1 Å². The first-order valence-electron chi connectivity index (χ1n) is 6.49. The molecule has 2 aliphatic heterocycles. The summed E-state index contributed by atoms with van der Waals surface area (Å²) < 4.78 is 28.1. The van der Waals surface area contributed by atoms with Crippen LogP contribution in [-0.2, 0) is 0 Å². The Balaban J connectivity index is 2.03. The van der Waals surface area contributed by atoms with Gasteiger partial charge in [0.15, 0.2) is 11.6 Å². The van der Waals surface area contributed by atoms with Crippen LogP contribution in [0.3, 0.4) is 0 Å². The van der Waals surface area contributed by atoms with E-state index < -0.39 is 22.2 Å². The average Bonchev–Trinajstić information content (AvgIpc) is 2.59. The molecule has 1 aromatic carbocycles. The monoisotopic (exact) mass is 268 g/mol. The lowest BCUT2D eigenvalue weighted by molar-refractivity contribution is -0.385. The summed E-state index contributed by atoms with van der Waals surface area (Å²) in [6.07, 6.45) is 4.85. The predicted molar refractivity (Wildman–Crippen MR) is 66.2 cm³/mol. The van der Waals surface area contributed by atoms with Gasteiger partial charge in [0, 0.05) is 12.1 Å². The van der Waals surface area contributed by atoms with Crippen molar-refractivity contribution >= 4 is 11.4 Å². The van der Waals surface area contributed by atoms with Gasteiger partial charge < -0.3 is 4.90 Å². The minimum absolute atomic E-state index is 0.0854. The number of benzene rings is 1. The average molecular weight is 268 g/mol. The van der Waals surface area contributed by atoms with E-state index in [1.165, 1.54) is 0 Å². The SMILES string of the molecule is O=[N+]([O-])c1cc(F)c(N2C3CCCC2CC3)c(F)c1. The van der Waals surface area contributed by atoms with E-state index in [-0.39, 0.29) is 17.8 Å². The fourth-order valence-electron chi connectivity index (χ4n) is 3.39. The molecular weight excluding hydrogens is 254 g/mol. The van der Waals surface area contributed by atoms with E-state index >= 15 is 0 Å². The van der Waals surface area contributed by atoms with Gasteiger partial charge in [0.2, 0.25) is 0 Å². The summed E-state index contributed by atoms with van der Waals surface area (Å²) in [5.74, 6) is -1.66. The van der Waals surface area contributed by atoms with Crippen LogP contribution in [0.1, 0.15) is 32.1 Å². The van der Waals surface area contributed by atoms with Crippen molar-refractivity contribution in [3.63, 3.8) is 0 Å². The molecule has 102 valence electrons.